The molecule has 4 aromatic rings. The van der Waals surface area contributed by atoms with Crippen LogP contribution < -0.4 is 10.6 Å². The summed E-state index contributed by atoms with van der Waals surface area (Å²) in [4.78, 5) is 19.0. The van der Waals surface area contributed by atoms with E-state index >= 15 is 0 Å². The first-order valence-corrected chi connectivity index (χ1v) is 14.7. The number of carbonyl (C=O) groups excluding carboxylic acids is 1. The van der Waals surface area contributed by atoms with Crippen molar-refractivity contribution in [2.24, 2.45) is 0 Å². The maximum absolute atomic E-state index is 14.4. The number of aromatic nitrogens is 4. The maximum Gasteiger partial charge on any atom is 0.234 e. The molecule has 2 aliphatic rings. The van der Waals surface area contributed by atoms with Gasteiger partial charge in [0.05, 0.1) is 11.4 Å². The molecule has 2 aliphatic heterocycles. The first-order valence-electron chi connectivity index (χ1n) is 14.7. The molecule has 9 heteroatoms. The number of carbonyl (C=O) groups is 1. The summed E-state index contributed by atoms with van der Waals surface area (Å²) < 4.78 is 0. The summed E-state index contributed by atoms with van der Waals surface area (Å²) in [5.41, 5.74) is 7.96. The van der Waals surface area contributed by atoms with Crippen molar-refractivity contribution in [2.75, 3.05) is 53.4 Å². The van der Waals surface area contributed by atoms with Crippen molar-refractivity contribution in [1.82, 2.24) is 40.8 Å². The Morgan fingerprint density at radius 2 is 1.07 bits per heavy atom. The second-order valence-corrected chi connectivity index (χ2v) is 11.3. The van der Waals surface area contributed by atoms with Crippen molar-refractivity contribution in [3.63, 3.8) is 0 Å². The summed E-state index contributed by atoms with van der Waals surface area (Å²) in [7, 11) is 4.25. The number of hydrogen-bond donors (Lipinski definition) is 2. The van der Waals surface area contributed by atoms with Gasteiger partial charge in [0.15, 0.2) is 0 Å². The van der Waals surface area contributed by atoms with Gasteiger partial charge in [-0.15, -0.1) is 20.4 Å². The Balaban J connectivity index is 1.49. The van der Waals surface area contributed by atoms with Crippen LogP contribution in [0.2, 0.25) is 0 Å². The Bertz CT molecular complexity index is 1460. The molecule has 0 spiro atoms. The molecule has 0 amide bonds. The lowest BCUT2D eigenvalue weighted by atomic mass is 9.89. The Morgan fingerprint density at radius 1 is 0.667 bits per heavy atom. The molecule has 2 fully saturated rings. The zero-order chi connectivity index (χ0) is 29.2. The molecule has 0 bridgehead atoms. The molecule has 9 nitrogen and oxygen atoms in total. The molecule has 2 aromatic carbocycles. The zero-order valence-corrected chi connectivity index (χ0v) is 24.8. The van der Waals surface area contributed by atoms with E-state index in [-0.39, 0.29) is 17.9 Å². The predicted octanol–water partition coefficient (Wildman–Crippen LogP) is 3.60. The van der Waals surface area contributed by atoms with Gasteiger partial charge in [0.1, 0.15) is 11.4 Å². The number of benzene rings is 2. The van der Waals surface area contributed by atoms with Crippen LogP contribution in [0, 0.1) is 13.8 Å². The van der Waals surface area contributed by atoms with Crippen LogP contribution in [0.4, 0.5) is 0 Å². The van der Waals surface area contributed by atoms with Gasteiger partial charge in [-0.3, -0.25) is 14.6 Å². The molecule has 4 heterocycles. The molecule has 0 saturated carbocycles. The van der Waals surface area contributed by atoms with Crippen LogP contribution in [0.15, 0.2) is 60.7 Å². The number of likely N-dealkylation sites (N-methyl/N-ethyl adjacent to an activating group) is 2. The van der Waals surface area contributed by atoms with Crippen LogP contribution in [-0.4, -0.2) is 89.3 Å². The lowest BCUT2D eigenvalue weighted by molar-refractivity contribution is 0.102. The van der Waals surface area contributed by atoms with Crippen molar-refractivity contribution < 1.29 is 4.79 Å². The average Bonchev–Trinajstić information content (AvgIpc) is 3.02. The summed E-state index contributed by atoms with van der Waals surface area (Å²) in [6, 6.07) is 20.3. The molecular formula is C33H38N8O. The van der Waals surface area contributed by atoms with E-state index in [1.807, 2.05) is 74.5 Å². The third kappa shape index (κ3) is 5.25. The van der Waals surface area contributed by atoms with Crippen LogP contribution in [0.1, 0.15) is 50.5 Å². The quantitative estimate of drug-likeness (QED) is 0.342. The minimum absolute atomic E-state index is 0.0566. The Morgan fingerprint density at radius 3 is 1.45 bits per heavy atom. The van der Waals surface area contributed by atoms with Gasteiger partial charge < -0.3 is 10.6 Å². The molecular weight excluding hydrogens is 524 g/mol. The maximum atomic E-state index is 14.4. The number of piperazine rings is 2. The van der Waals surface area contributed by atoms with E-state index in [2.05, 4.69) is 44.7 Å². The molecule has 2 aromatic heterocycles. The molecule has 2 atom stereocenters. The monoisotopic (exact) mass is 562 g/mol. The normalized spacial score (nSPS) is 20.0. The molecule has 2 saturated heterocycles. The third-order valence-corrected chi connectivity index (χ3v) is 8.74. The third-order valence-electron chi connectivity index (χ3n) is 8.74. The number of nitrogens with zero attached hydrogens (tertiary/aromatic N) is 6. The van der Waals surface area contributed by atoms with E-state index in [1.165, 1.54) is 0 Å². The lowest BCUT2D eigenvalue weighted by Gasteiger charge is -2.35. The van der Waals surface area contributed by atoms with Crippen LogP contribution in [-0.2, 0) is 0 Å². The predicted molar refractivity (Wildman–Crippen MR) is 164 cm³/mol. The Labute approximate surface area is 247 Å². The molecule has 42 heavy (non-hydrogen) atoms. The summed E-state index contributed by atoms with van der Waals surface area (Å²) in [6.45, 7) is 9.18. The highest BCUT2D eigenvalue weighted by Crippen LogP contribution is 2.36. The Kier molecular flexibility index (Phi) is 8.17. The molecule has 2 unspecified atom stereocenters. The van der Waals surface area contributed by atoms with E-state index in [4.69, 9.17) is 10.2 Å². The minimum Gasteiger partial charge on any atom is -0.314 e. The number of rotatable bonds is 6. The molecule has 2 N–H and O–H groups in total. The first kappa shape index (κ1) is 28.2. The second-order valence-electron chi connectivity index (χ2n) is 11.3. The number of ketones is 1. The van der Waals surface area contributed by atoms with Gasteiger partial charge in [-0.2, -0.15) is 0 Å². The summed E-state index contributed by atoms with van der Waals surface area (Å²) in [6.07, 6.45) is 0. The highest BCUT2D eigenvalue weighted by atomic mass is 16.1. The zero-order valence-electron chi connectivity index (χ0n) is 24.8. The summed E-state index contributed by atoms with van der Waals surface area (Å²) in [5.74, 6) is -0.246. The van der Waals surface area contributed by atoms with Crippen molar-refractivity contribution in [3.05, 3.63) is 94.3 Å². The SMILES string of the molecule is Cc1c(C(=O)c2nnc(-c3ccccc3)c(C3CNCCN3C)c2C)nnc(-c2ccccc2)c1C1CNCCN1C. The van der Waals surface area contributed by atoms with Gasteiger partial charge in [0.2, 0.25) is 5.78 Å². The van der Waals surface area contributed by atoms with Crippen LogP contribution in [0.5, 0.6) is 0 Å². The van der Waals surface area contributed by atoms with E-state index in [9.17, 15) is 4.79 Å². The molecule has 216 valence electrons. The largest absolute Gasteiger partial charge is 0.314 e. The first-order chi connectivity index (χ1) is 20.5. The lowest BCUT2D eigenvalue weighted by Crippen LogP contribution is -2.44. The van der Waals surface area contributed by atoms with Gasteiger partial charge in [-0.05, 0) is 39.1 Å². The van der Waals surface area contributed by atoms with Crippen molar-refractivity contribution in [1.29, 1.82) is 0 Å². The van der Waals surface area contributed by atoms with Crippen LogP contribution in [0.25, 0.3) is 22.5 Å². The van der Waals surface area contributed by atoms with Crippen molar-refractivity contribution in [2.45, 2.75) is 25.9 Å². The van der Waals surface area contributed by atoms with Gasteiger partial charge in [-0.1, -0.05) is 60.7 Å². The van der Waals surface area contributed by atoms with Gasteiger partial charge in [-0.25, -0.2) is 0 Å². The fraction of sp³-hybridized carbons (Fsp3) is 0.364. The van der Waals surface area contributed by atoms with E-state index in [0.717, 1.165) is 84.0 Å². The van der Waals surface area contributed by atoms with E-state index < -0.39 is 0 Å². The minimum atomic E-state index is -0.246. The number of hydrogen-bond acceptors (Lipinski definition) is 9. The average molecular weight is 563 g/mol. The fourth-order valence-corrected chi connectivity index (χ4v) is 6.30. The Hall–Kier alpha value is -3.89. The highest BCUT2D eigenvalue weighted by Gasteiger charge is 2.33. The van der Waals surface area contributed by atoms with Gasteiger partial charge >= 0.3 is 0 Å². The smallest absolute Gasteiger partial charge is 0.234 e. The van der Waals surface area contributed by atoms with Gasteiger partial charge in [0, 0.05) is 73.6 Å². The van der Waals surface area contributed by atoms with Crippen molar-refractivity contribution in [3.8, 4) is 22.5 Å². The summed E-state index contributed by atoms with van der Waals surface area (Å²) >= 11 is 0. The van der Waals surface area contributed by atoms with E-state index in [0.29, 0.717) is 11.4 Å². The second kappa shape index (κ2) is 12.1. The van der Waals surface area contributed by atoms with Crippen LogP contribution >= 0.6 is 0 Å². The summed E-state index contributed by atoms with van der Waals surface area (Å²) in [5, 5.41) is 25.6. The number of nitrogens with one attached hydrogen (secondary N) is 2. The van der Waals surface area contributed by atoms with Gasteiger partial charge in [0.25, 0.3) is 0 Å². The fourth-order valence-electron chi connectivity index (χ4n) is 6.30. The topological polar surface area (TPSA) is 99.2 Å². The molecule has 0 aliphatic carbocycles. The highest BCUT2D eigenvalue weighted by molar-refractivity contribution is 6.08. The standard InChI is InChI=1S/C33H38N8O/c1-21-27(25-19-34-15-17-40(25)3)31(23-11-7-5-8-12-23)38-36-29(21)33(42)30-22(2)28(26-20-35-16-18-41(26)4)32(39-37-30)24-13-9-6-10-14-24/h5-14,25-26,34-35H,15-20H2,1-4H3. The van der Waals surface area contributed by atoms with Crippen LogP contribution in [0.3, 0.4) is 0 Å². The van der Waals surface area contributed by atoms with E-state index in [1.54, 1.807) is 0 Å². The van der Waals surface area contributed by atoms with Crippen molar-refractivity contribution >= 4 is 5.78 Å². The molecule has 0 radical (unpaired) electrons. The molecule has 6 rings (SSSR count).